The Morgan fingerprint density at radius 3 is 2.61 bits per heavy atom. The summed E-state index contributed by atoms with van der Waals surface area (Å²) in [6.45, 7) is 3.29. The van der Waals surface area contributed by atoms with Gasteiger partial charge >= 0.3 is 0 Å². The largest absolute Gasteiger partial charge is 0.494 e. The number of nitrogens with zero attached hydrogens (tertiary/aromatic N) is 1. The van der Waals surface area contributed by atoms with Crippen molar-refractivity contribution in [1.82, 2.24) is 10.6 Å². The Hall–Kier alpha value is -1.76. The fraction of sp³-hybridized carbons (Fsp3) is 0.562. The molecule has 0 heterocycles. The smallest absolute Gasteiger partial charge is 0.191 e. The van der Waals surface area contributed by atoms with Crippen molar-refractivity contribution in [2.24, 2.45) is 4.99 Å². The molecule has 0 amide bonds. The zero-order valence-corrected chi connectivity index (χ0v) is 14.9. The third-order valence-electron chi connectivity index (χ3n) is 3.15. The number of ether oxygens (including phenoxy) is 1. The van der Waals surface area contributed by atoms with Crippen LogP contribution in [0.15, 0.2) is 35.3 Å². The minimum atomic E-state index is -2.93. The van der Waals surface area contributed by atoms with E-state index in [-0.39, 0.29) is 11.8 Å². The van der Waals surface area contributed by atoms with Gasteiger partial charge in [0.15, 0.2) is 5.96 Å². The number of hydrogen-bond donors (Lipinski definition) is 2. The normalized spacial score (nSPS) is 13.4. The molecule has 0 saturated heterocycles. The van der Waals surface area contributed by atoms with Gasteiger partial charge in [-0.1, -0.05) is 18.2 Å². The van der Waals surface area contributed by atoms with Crippen LogP contribution in [0.4, 0.5) is 0 Å². The fourth-order valence-electron chi connectivity index (χ4n) is 1.88. The van der Waals surface area contributed by atoms with Crippen LogP contribution >= 0.6 is 0 Å². The molecule has 0 radical (unpaired) electrons. The van der Waals surface area contributed by atoms with Crippen molar-refractivity contribution in [3.63, 3.8) is 0 Å². The van der Waals surface area contributed by atoms with Crippen molar-refractivity contribution in [3.8, 4) is 5.75 Å². The third-order valence-corrected chi connectivity index (χ3v) is 4.13. The lowest BCUT2D eigenvalue weighted by atomic mass is 10.3. The molecule has 1 aromatic carbocycles. The van der Waals surface area contributed by atoms with E-state index in [1.54, 1.807) is 7.05 Å². The first-order valence-electron chi connectivity index (χ1n) is 7.73. The van der Waals surface area contributed by atoms with E-state index in [1.807, 2.05) is 37.3 Å². The Morgan fingerprint density at radius 1 is 1.30 bits per heavy atom. The Morgan fingerprint density at radius 2 is 2.00 bits per heavy atom. The molecule has 0 aliphatic heterocycles. The quantitative estimate of drug-likeness (QED) is 0.404. The number of guanidine groups is 1. The summed E-state index contributed by atoms with van der Waals surface area (Å²) in [7, 11) is -1.24. The highest BCUT2D eigenvalue weighted by molar-refractivity contribution is 7.90. The van der Waals surface area contributed by atoms with Gasteiger partial charge in [0.25, 0.3) is 0 Å². The van der Waals surface area contributed by atoms with Crippen molar-refractivity contribution in [2.75, 3.05) is 32.2 Å². The second kappa shape index (κ2) is 10.1. The van der Waals surface area contributed by atoms with Crippen molar-refractivity contribution >= 4 is 15.8 Å². The monoisotopic (exact) mass is 341 g/mol. The van der Waals surface area contributed by atoms with E-state index >= 15 is 0 Å². The molecule has 0 saturated carbocycles. The topological polar surface area (TPSA) is 79.8 Å². The van der Waals surface area contributed by atoms with E-state index in [2.05, 4.69) is 15.6 Å². The van der Waals surface area contributed by atoms with Crippen LogP contribution in [0, 0.1) is 0 Å². The van der Waals surface area contributed by atoms with Crippen molar-refractivity contribution in [2.45, 2.75) is 25.8 Å². The Labute approximate surface area is 139 Å². The molecule has 23 heavy (non-hydrogen) atoms. The summed E-state index contributed by atoms with van der Waals surface area (Å²) in [5.74, 6) is 1.71. The summed E-state index contributed by atoms with van der Waals surface area (Å²) in [5.41, 5.74) is 0. The van der Waals surface area contributed by atoms with Crippen LogP contribution < -0.4 is 15.4 Å². The van der Waals surface area contributed by atoms with Gasteiger partial charge in [0, 0.05) is 25.9 Å². The van der Waals surface area contributed by atoms with E-state index in [9.17, 15) is 8.42 Å². The number of sulfone groups is 1. The highest BCUT2D eigenvalue weighted by Gasteiger charge is 2.09. The maximum Gasteiger partial charge on any atom is 0.191 e. The fourth-order valence-corrected chi connectivity index (χ4v) is 2.66. The zero-order valence-electron chi connectivity index (χ0n) is 14.1. The maximum atomic E-state index is 11.2. The van der Waals surface area contributed by atoms with E-state index < -0.39 is 9.84 Å². The van der Waals surface area contributed by atoms with Crippen LogP contribution in [0.5, 0.6) is 5.75 Å². The predicted octanol–water partition coefficient (Wildman–Crippen LogP) is 1.44. The van der Waals surface area contributed by atoms with Gasteiger partial charge in [-0.2, -0.15) is 0 Å². The molecule has 0 spiro atoms. The molecule has 0 aliphatic rings. The molecule has 0 aromatic heterocycles. The highest BCUT2D eigenvalue weighted by atomic mass is 32.2. The van der Waals surface area contributed by atoms with Gasteiger partial charge in [0.2, 0.25) is 0 Å². The van der Waals surface area contributed by atoms with Crippen molar-refractivity contribution in [1.29, 1.82) is 0 Å². The van der Waals surface area contributed by atoms with E-state index in [0.29, 0.717) is 19.0 Å². The molecule has 1 atom stereocenters. The number of nitrogens with one attached hydrogen (secondary N) is 2. The molecular weight excluding hydrogens is 314 g/mol. The molecule has 1 unspecified atom stereocenters. The molecule has 2 N–H and O–H groups in total. The van der Waals surface area contributed by atoms with E-state index in [0.717, 1.165) is 18.7 Å². The number of rotatable bonds is 9. The van der Waals surface area contributed by atoms with E-state index in [1.165, 1.54) is 6.26 Å². The first-order chi connectivity index (χ1) is 10.9. The minimum absolute atomic E-state index is 0.0384. The summed E-state index contributed by atoms with van der Waals surface area (Å²) in [5, 5.41) is 6.37. The molecular formula is C16H27N3O3S. The first-order valence-corrected chi connectivity index (χ1v) is 9.79. The Kier molecular flexibility index (Phi) is 8.47. The third kappa shape index (κ3) is 9.78. The molecule has 1 aromatic rings. The van der Waals surface area contributed by atoms with Gasteiger partial charge in [-0.05, 0) is 31.9 Å². The SMILES string of the molecule is CN=C(NCCCOc1ccccc1)NC(C)CCS(C)(=O)=O. The molecule has 130 valence electrons. The molecule has 6 nitrogen and oxygen atoms in total. The number of hydrogen-bond acceptors (Lipinski definition) is 4. The number of benzene rings is 1. The molecule has 0 fully saturated rings. The van der Waals surface area contributed by atoms with E-state index in [4.69, 9.17) is 4.74 Å². The van der Waals surface area contributed by atoms with Gasteiger partial charge in [0.05, 0.1) is 12.4 Å². The van der Waals surface area contributed by atoms with Crippen molar-refractivity contribution < 1.29 is 13.2 Å². The van der Waals surface area contributed by atoms with Crippen LogP contribution in [0.3, 0.4) is 0 Å². The zero-order chi connectivity index (χ0) is 17.1. The summed E-state index contributed by atoms with van der Waals surface area (Å²) < 4.78 is 27.9. The van der Waals surface area contributed by atoms with Crippen LogP contribution in [0.25, 0.3) is 0 Å². The summed E-state index contributed by atoms with van der Waals surface area (Å²) in [6, 6.07) is 9.73. The lowest BCUT2D eigenvalue weighted by Gasteiger charge is -2.17. The van der Waals surface area contributed by atoms with Gasteiger partial charge < -0.3 is 15.4 Å². The number of para-hydroxylation sites is 1. The van der Waals surface area contributed by atoms with Crippen molar-refractivity contribution in [3.05, 3.63) is 30.3 Å². The molecule has 1 rings (SSSR count). The van der Waals surface area contributed by atoms with Gasteiger partial charge in [-0.25, -0.2) is 8.42 Å². The van der Waals surface area contributed by atoms with Crippen LogP contribution in [0.1, 0.15) is 19.8 Å². The first kappa shape index (κ1) is 19.3. The summed E-state index contributed by atoms with van der Waals surface area (Å²) in [6.07, 6.45) is 2.64. The Bertz CT molecular complexity index is 573. The number of aliphatic imine (C=N–C) groups is 1. The Balaban J connectivity index is 2.18. The summed E-state index contributed by atoms with van der Waals surface area (Å²) in [4.78, 5) is 4.13. The van der Waals surface area contributed by atoms with Crippen LogP contribution in [-0.4, -0.2) is 52.6 Å². The minimum Gasteiger partial charge on any atom is -0.494 e. The van der Waals surface area contributed by atoms with Gasteiger partial charge in [0.1, 0.15) is 15.6 Å². The predicted molar refractivity (Wildman–Crippen MR) is 94.8 cm³/mol. The summed E-state index contributed by atoms with van der Waals surface area (Å²) >= 11 is 0. The molecule has 0 aliphatic carbocycles. The highest BCUT2D eigenvalue weighted by Crippen LogP contribution is 2.07. The van der Waals surface area contributed by atoms with Gasteiger partial charge in [-0.15, -0.1) is 0 Å². The average Bonchev–Trinajstić information content (AvgIpc) is 2.52. The second-order valence-electron chi connectivity index (χ2n) is 5.48. The standard InChI is InChI=1S/C16H27N3O3S/c1-14(10-13-23(3,20)21)19-16(17-2)18-11-7-12-22-15-8-5-4-6-9-15/h4-6,8-9,14H,7,10-13H2,1-3H3,(H2,17,18,19). The molecule has 7 heteroatoms. The second-order valence-corrected chi connectivity index (χ2v) is 7.74. The van der Waals surface area contributed by atoms with Crippen LogP contribution in [0.2, 0.25) is 0 Å². The maximum absolute atomic E-state index is 11.2. The lowest BCUT2D eigenvalue weighted by molar-refractivity contribution is 0.311. The van der Waals surface area contributed by atoms with Crippen LogP contribution in [-0.2, 0) is 9.84 Å². The van der Waals surface area contributed by atoms with Gasteiger partial charge in [-0.3, -0.25) is 4.99 Å². The lowest BCUT2D eigenvalue weighted by Crippen LogP contribution is -2.43. The average molecular weight is 341 g/mol. The molecule has 0 bridgehead atoms.